The summed E-state index contributed by atoms with van der Waals surface area (Å²) >= 11 is 1.85. The summed E-state index contributed by atoms with van der Waals surface area (Å²) in [7, 11) is 1.63. The summed E-state index contributed by atoms with van der Waals surface area (Å²) in [4.78, 5) is 17.5. The number of nitrogens with zero attached hydrogens (tertiary/aromatic N) is 1. The van der Waals surface area contributed by atoms with Crippen molar-refractivity contribution in [2.75, 3.05) is 7.11 Å². The van der Waals surface area contributed by atoms with Crippen LogP contribution in [0.25, 0.3) is 0 Å². The van der Waals surface area contributed by atoms with E-state index in [1.807, 2.05) is 43.0 Å². The monoisotopic (exact) mass is 370 g/mol. The Balaban J connectivity index is 1.53. The molecular formula is C20H22N2O3S. The van der Waals surface area contributed by atoms with Crippen molar-refractivity contribution in [3.05, 3.63) is 52.5 Å². The van der Waals surface area contributed by atoms with Crippen molar-refractivity contribution in [1.29, 1.82) is 0 Å². The molecule has 2 aliphatic rings. The van der Waals surface area contributed by atoms with Crippen LogP contribution < -0.4 is 10.1 Å². The predicted molar refractivity (Wildman–Crippen MR) is 103 cm³/mol. The van der Waals surface area contributed by atoms with E-state index in [2.05, 4.69) is 12.2 Å². The number of aryl methyl sites for hydroxylation is 1. The van der Waals surface area contributed by atoms with Crippen LogP contribution >= 0.6 is 11.8 Å². The van der Waals surface area contributed by atoms with Crippen LogP contribution in [0, 0.1) is 6.92 Å². The fourth-order valence-electron chi connectivity index (χ4n) is 3.75. The fraction of sp³-hybridized carbons (Fsp3) is 0.400. The molecule has 1 amide bonds. The topological polar surface area (TPSA) is 63.8 Å². The maximum Gasteiger partial charge on any atom is 0.287 e. The Bertz CT molecular complexity index is 887. The molecule has 0 saturated heterocycles. The van der Waals surface area contributed by atoms with Crippen LogP contribution in [-0.4, -0.2) is 23.3 Å². The van der Waals surface area contributed by atoms with Crippen LogP contribution in [0.5, 0.6) is 5.75 Å². The third kappa shape index (κ3) is 3.03. The minimum absolute atomic E-state index is 0.132. The maximum atomic E-state index is 12.7. The van der Waals surface area contributed by atoms with Crippen molar-refractivity contribution >= 4 is 22.7 Å². The molecule has 4 rings (SSSR count). The highest BCUT2D eigenvalue weighted by molar-refractivity contribution is 8.14. The molecule has 0 spiro atoms. The second-order valence-electron chi connectivity index (χ2n) is 6.72. The van der Waals surface area contributed by atoms with Crippen molar-refractivity contribution in [3.8, 4) is 5.75 Å². The lowest BCUT2D eigenvalue weighted by Crippen LogP contribution is -2.23. The molecule has 0 bridgehead atoms. The Morgan fingerprint density at radius 1 is 1.42 bits per heavy atom. The quantitative estimate of drug-likeness (QED) is 0.882. The molecule has 1 aliphatic heterocycles. The summed E-state index contributed by atoms with van der Waals surface area (Å²) in [6, 6.07) is 7.80. The van der Waals surface area contributed by atoms with Gasteiger partial charge in [0.15, 0.2) is 5.76 Å². The number of hydrogen-bond acceptors (Lipinski definition) is 5. The number of amides is 1. The first kappa shape index (κ1) is 17.2. The number of aliphatic imine (C=N–C) groups is 1. The molecule has 1 aromatic heterocycles. The van der Waals surface area contributed by atoms with Crippen molar-refractivity contribution in [3.63, 3.8) is 0 Å². The average Bonchev–Trinajstić information content (AvgIpc) is 3.19. The summed E-state index contributed by atoms with van der Waals surface area (Å²) in [5, 5.41) is 4.56. The third-order valence-electron chi connectivity index (χ3n) is 5.01. The van der Waals surface area contributed by atoms with Crippen molar-refractivity contribution in [2.24, 2.45) is 4.99 Å². The smallest absolute Gasteiger partial charge is 0.287 e. The molecule has 26 heavy (non-hydrogen) atoms. The number of carbonyl (C=O) groups is 1. The number of nitrogens with one attached hydrogen (secondary N) is 1. The lowest BCUT2D eigenvalue weighted by molar-refractivity contribution is 0.0920. The van der Waals surface area contributed by atoms with Gasteiger partial charge in [0.1, 0.15) is 11.5 Å². The van der Waals surface area contributed by atoms with Gasteiger partial charge in [-0.05, 0) is 38.0 Å². The molecule has 2 atom stereocenters. The Morgan fingerprint density at radius 2 is 2.27 bits per heavy atom. The van der Waals surface area contributed by atoms with Gasteiger partial charge in [-0.2, -0.15) is 0 Å². The first-order chi connectivity index (χ1) is 12.6. The van der Waals surface area contributed by atoms with E-state index in [0.717, 1.165) is 46.1 Å². The number of rotatable bonds is 4. The van der Waals surface area contributed by atoms with E-state index < -0.39 is 0 Å². The van der Waals surface area contributed by atoms with Gasteiger partial charge >= 0.3 is 0 Å². The van der Waals surface area contributed by atoms with Crippen LogP contribution in [0.2, 0.25) is 0 Å². The molecule has 2 heterocycles. The van der Waals surface area contributed by atoms with Gasteiger partial charge in [0.25, 0.3) is 5.91 Å². The zero-order valence-corrected chi connectivity index (χ0v) is 16.0. The van der Waals surface area contributed by atoms with E-state index in [4.69, 9.17) is 14.1 Å². The van der Waals surface area contributed by atoms with Crippen molar-refractivity contribution in [2.45, 2.75) is 44.5 Å². The van der Waals surface area contributed by atoms with E-state index in [1.54, 1.807) is 7.11 Å². The summed E-state index contributed by atoms with van der Waals surface area (Å²) in [5.41, 5.74) is 3.04. The summed E-state index contributed by atoms with van der Waals surface area (Å²) in [6.07, 6.45) is 1.91. The maximum absolute atomic E-state index is 12.7. The van der Waals surface area contributed by atoms with E-state index in [9.17, 15) is 4.79 Å². The highest BCUT2D eigenvalue weighted by Crippen LogP contribution is 2.47. The van der Waals surface area contributed by atoms with Crippen LogP contribution in [-0.2, 0) is 13.0 Å². The lowest BCUT2D eigenvalue weighted by Gasteiger charge is -2.22. The number of benzene rings is 1. The van der Waals surface area contributed by atoms with Gasteiger partial charge in [-0.3, -0.25) is 9.79 Å². The van der Waals surface area contributed by atoms with Gasteiger partial charge in [-0.25, -0.2) is 0 Å². The number of fused-ring (bicyclic) bond motifs is 3. The molecule has 0 unspecified atom stereocenters. The normalized spacial score (nSPS) is 21.0. The first-order valence-electron chi connectivity index (χ1n) is 8.81. The van der Waals surface area contributed by atoms with E-state index in [0.29, 0.717) is 17.6 Å². The number of methoxy groups -OCH3 is 1. The van der Waals surface area contributed by atoms with E-state index in [-0.39, 0.29) is 11.9 Å². The zero-order chi connectivity index (χ0) is 18.3. The van der Waals surface area contributed by atoms with E-state index in [1.165, 1.54) is 0 Å². The van der Waals surface area contributed by atoms with Gasteiger partial charge in [-0.15, -0.1) is 11.8 Å². The summed E-state index contributed by atoms with van der Waals surface area (Å²) in [5.74, 6) is 1.94. The Morgan fingerprint density at radius 3 is 3.08 bits per heavy atom. The zero-order valence-electron chi connectivity index (χ0n) is 15.2. The van der Waals surface area contributed by atoms with Gasteiger partial charge < -0.3 is 14.5 Å². The number of thioether (sulfide) groups is 1. The molecule has 136 valence electrons. The molecule has 1 N–H and O–H groups in total. The second kappa shape index (κ2) is 6.83. The molecule has 5 nitrogen and oxygen atoms in total. The largest absolute Gasteiger partial charge is 0.497 e. The fourth-order valence-corrected chi connectivity index (χ4v) is 4.93. The molecule has 1 aliphatic carbocycles. The van der Waals surface area contributed by atoms with Crippen LogP contribution in [0.1, 0.15) is 52.4 Å². The lowest BCUT2D eigenvalue weighted by atomic mass is 9.90. The molecule has 0 radical (unpaired) electrons. The van der Waals surface area contributed by atoms with Gasteiger partial charge in [0.05, 0.1) is 18.2 Å². The third-order valence-corrected chi connectivity index (χ3v) is 6.25. The second-order valence-corrected chi connectivity index (χ2v) is 8.15. The average molecular weight is 370 g/mol. The summed E-state index contributed by atoms with van der Waals surface area (Å²) in [6.45, 7) is 4.46. The Hall–Kier alpha value is -2.21. The van der Waals surface area contributed by atoms with Crippen molar-refractivity contribution < 1.29 is 13.9 Å². The molecule has 1 aromatic carbocycles. The molecule has 0 fully saturated rings. The SMILES string of the molecule is COc1cccc(CNC(=O)c2oc3c(c2C)[C@H]2N=C(C)S[C@@H]2CC3)c1. The number of ether oxygens (including phenoxy) is 1. The number of furan rings is 1. The van der Waals surface area contributed by atoms with Gasteiger partial charge in [0, 0.05) is 29.3 Å². The van der Waals surface area contributed by atoms with Crippen LogP contribution in [0.3, 0.4) is 0 Å². The Kier molecular flexibility index (Phi) is 4.53. The van der Waals surface area contributed by atoms with Crippen molar-refractivity contribution in [1.82, 2.24) is 5.32 Å². The molecule has 2 aromatic rings. The number of hydrogen-bond donors (Lipinski definition) is 1. The first-order valence-corrected chi connectivity index (χ1v) is 9.69. The molecule has 6 heteroatoms. The minimum Gasteiger partial charge on any atom is -0.497 e. The van der Waals surface area contributed by atoms with E-state index >= 15 is 0 Å². The Labute approximate surface area is 157 Å². The molecule has 0 saturated carbocycles. The van der Waals surface area contributed by atoms with Crippen LogP contribution in [0.15, 0.2) is 33.7 Å². The standard InChI is InChI=1S/C20H22N2O3S/c1-11-17-15(7-8-16-18(17)22-12(2)26-16)25-19(11)20(23)21-10-13-5-4-6-14(9-13)24-3/h4-6,9,16,18H,7-8,10H2,1-3H3,(H,21,23)/t16-,18+/m1/s1. The predicted octanol–water partition coefficient (Wildman–Crippen LogP) is 4.05. The molecular weight excluding hydrogens is 348 g/mol. The highest BCUT2D eigenvalue weighted by atomic mass is 32.2. The minimum atomic E-state index is -0.178. The summed E-state index contributed by atoms with van der Waals surface area (Å²) < 4.78 is 11.2. The van der Waals surface area contributed by atoms with Gasteiger partial charge in [-0.1, -0.05) is 12.1 Å². The van der Waals surface area contributed by atoms with Crippen LogP contribution in [0.4, 0.5) is 0 Å². The number of carbonyl (C=O) groups excluding carboxylic acids is 1. The highest BCUT2D eigenvalue weighted by Gasteiger charge is 2.39. The van der Waals surface area contributed by atoms with Gasteiger partial charge in [0.2, 0.25) is 0 Å².